The van der Waals surface area contributed by atoms with E-state index in [0.29, 0.717) is 5.69 Å². The highest BCUT2D eigenvalue weighted by Crippen LogP contribution is 2.20. The second-order valence-electron chi connectivity index (χ2n) is 1.74. The summed E-state index contributed by atoms with van der Waals surface area (Å²) in [6.07, 6.45) is 1.46. The van der Waals surface area contributed by atoms with Gasteiger partial charge in [-0.25, -0.2) is 0 Å². The van der Waals surface area contributed by atoms with E-state index in [-0.39, 0.29) is 5.75 Å². The molecule has 10 heavy (non-hydrogen) atoms. The number of para-hydroxylation sites is 2. The highest BCUT2D eigenvalue weighted by atomic mass is 16.3. The van der Waals surface area contributed by atoms with Crippen LogP contribution in [0.25, 0.3) is 0 Å². The van der Waals surface area contributed by atoms with Gasteiger partial charge < -0.3 is 15.2 Å². The third kappa shape index (κ3) is 1.25. The maximum atomic E-state index is 9.78. The van der Waals surface area contributed by atoms with E-state index in [4.69, 9.17) is 5.11 Å². The normalized spacial score (nSPS) is 8.80. The van der Waals surface area contributed by atoms with Crippen LogP contribution in [-0.4, -0.2) is 11.5 Å². The van der Waals surface area contributed by atoms with Crippen molar-refractivity contribution in [3.8, 4) is 5.75 Å². The Morgan fingerprint density at radius 3 is 2.70 bits per heavy atom. The van der Waals surface area contributed by atoms with Gasteiger partial charge in [0, 0.05) is 0 Å². The molecule has 0 aliphatic carbocycles. The quantitative estimate of drug-likeness (QED) is 0.360. The van der Waals surface area contributed by atoms with Crippen LogP contribution in [0.4, 0.5) is 5.69 Å². The Morgan fingerprint density at radius 2 is 2.10 bits per heavy atom. The molecule has 0 unspecified atom stereocenters. The summed E-state index contributed by atoms with van der Waals surface area (Å²) in [6.45, 7) is 0. The van der Waals surface area contributed by atoms with Gasteiger partial charge >= 0.3 is 0 Å². The van der Waals surface area contributed by atoms with Gasteiger partial charge in [-0.05, 0) is 6.07 Å². The highest BCUT2D eigenvalue weighted by Gasteiger charge is 1.84. The number of benzene rings is 1. The molecule has 1 rings (SSSR count). The minimum Gasteiger partial charge on any atom is -0.525 e. The van der Waals surface area contributed by atoms with E-state index in [1.807, 2.05) is 0 Å². The van der Waals surface area contributed by atoms with Gasteiger partial charge in [0.15, 0.2) is 0 Å². The first kappa shape index (κ1) is 6.61. The third-order valence-electron chi connectivity index (χ3n) is 1.09. The maximum Gasteiger partial charge on any atom is 0.0693 e. The van der Waals surface area contributed by atoms with Crippen molar-refractivity contribution in [3.05, 3.63) is 24.3 Å². The SMILES string of the molecule is O=[C-]Nc1ccccc1O. The maximum absolute atomic E-state index is 9.78. The van der Waals surface area contributed by atoms with Crippen molar-refractivity contribution in [2.24, 2.45) is 0 Å². The molecular weight excluding hydrogens is 130 g/mol. The van der Waals surface area contributed by atoms with Crippen LogP contribution in [-0.2, 0) is 4.79 Å². The molecule has 0 saturated heterocycles. The van der Waals surface area contributed by atoms with Gasteiger partial charge in [0.05, 0.1) is 12.2 Å². The number of amides is 1. The van der Waals surface area contributed by atoms with Crippen LogP contribution in [0.3, 0.4) is 0 Å². The number of nitrogens with one attached hydrogen (secondary N) is 1. The van der Waals surface area contributed by atoms with Crippen molar-refractivity contribution in [1.29, 1.82) is 0 Å². The topological polar surface area (TPSA) is 49.3 Å². The van der Waals surface area contributed by atoms with Crippen molar-refractivity contribution in [1.82, 2.24) is 0 Å². The van der Waals surface area contributed by atoms with Gasteiger partial charge in [-0.2, -0.15) is 0 Å². The van der Waals surface area contributed by atoms with Gasteiger partial charge in [-0.15, -0.1) is 6.07 Å². The van der Waals surface area contributed by atoms with Crippen LogP contribution < -0.4 is 5.32 Å². The summed E-state index contributed by atoms with van der Waals surface area (Å²) in [4.78, 5) is 9.78. The molecule has 0 aromatic heterocycles. The monoisotopic (exact) mass is 136 g/mol. The average molecular weight is 136 g/mol. The number of phenols is 1. The Morgan fingerprint density at radius 1 is 1.40 bits per heavy atom. The second kappa shape index (κ2) is 2.87. The molecule has 0 aliphatic rings. The minimum atomic E-state index is 0.0471. The largest absolute Gasteiger partial charge is 0.525 e. The molecule has 1 aromatic carbocycles. The molecule has 1 amide bonds. The number of anilines is 1. The lowest BCUT2D eigenvalue weighted by Gasteiger charge is -2.09. The van der Waals surface area contributed by atoms with Gasteiger partial charge in [-0.1, -0.05) is 17.8 Å². The number of carbonyl (C=O) groups excluding carboxylic acids is 1. The molecule has 0 aliphatic heterocycles. The van der Waals surface area contributed by atoms with E-state index < -0.39 is 0 Å². The summed E-state index contributed by atoms with van der Waals surface area (Å²) >= 11 is 0. The first-order chi connectivity index (χ1) is 4.84. The lowest BCUT2D eigenvalue weighted by molar-refractivity contribution is 0.477. The van der Waals surface area contributed by atoms with Gasteiger partial charge in [0.2, 0.25) is 0 Å². The van der Waals surface area contributed by atoms with Crippen LogP contribution >= 0.6 is 0 Å². The predicted octanol–water partition coefficient (Wildman–Crippen LogP) is 0.871. The molecule has 3 nitrogen and oxygen atoms in total. The highest BCUT2D eigenvalue weighted by molar-refractivity contribution is 5.75. The number of rotatable bonds is 2. The molecule has 0 saturated carbocycles. The molecule has 0 heterocycles. The summed E-state index contributed by atoms with van der Waals surface area (Å²) in [6, 6.07) is 6.45. The zero-order valence-corrected chi connectivity index (χ0v) is 5.16. The number of phenolic OH excluding ortho intramolecular Hbond substituents is 1. The Bertz CT molecular complexity index is 235. The Labute approximate surface area is 58.3 Å². The lowest BCUT2D eigenvalue weighted by atomic mass is 10.3. The van der Waals surface area contributed by atoms with E-state index >= 15 is 0 Å². The number of hydrogen-bond donors (Lipinski definition) is 2. The standard InChI is InChI=1S/C7H6NO2/c9-5-8-6-3-1-2-4-7(6)10/h1-4,10H,(H,8,9)/q-1. The van der Waals surface area contributed by atoms with Crippen LogP contribution in [0, 0.1) is 0 Å². The molecular formula is C7H6NO2-. The van der Waals surface area contributed by atoms with E-state index in [1.165, 1.54) is 12.5 Å². The van der Waals surface area contributed by atoms with Crippen molar-refractivity contribution in [2.75, 3.05) is 5.32 Å². The van der Waals surface area contributed by atoms with E-state index in [0.717, 1.165) is 0 Å². The Kier molecular flexibility index (Phi) is 1.89. The van der Waals surface area contributed by atoms with Crippen molar-refractivity contribution < 1.29 is 9.90 Å². The van der Waals surface area contributed by atoms with Gasteiger partial charge in [0.1, 0.15) is 0 Å². The smallest absolute Gasteiger partial charge is 0.0693 e. The first-order valence-corrected chi connectivity index (χ1v) is 2.76. The Balaban J connectivity index is 2.91. The first-order valence-electron chi connectivity index (χ1n) is 2.76. The van der Waals surface area contributed by atoms with E-state index in [1.54, 1.807) is 18.2 Å². The second-order valence-corrected chi connectivity index (χ2v) is 1.74. The van der Waals surface area contributed by atoms with Crippen LogP contribution in [0.15, 0.2) is 24.3 Å². The van der Waals surface area contributed by atoms with Crippen LogP contribution in [0.5, 0.6) is 5.75 Å². The molecule has 0 bridgehead atoms. The summed E-state index contributed by atoms with van der Waals surface area (Å²) < 4.78 is 0. The van der Waals surface area contributed by atoms with Crippen LogP contribution in [0.2, 0.25) is 0 Å². The van der Waals surface area contributed by atoms with E-state index in [2.05, 4.69) is 5.32 Å². The summed E-state index contributed by atoms with van der Waals surface area (Å²) in [5.41, 5.74) is 0.373. The fourth-order valence-corrected chi connectivity index (χ4v) is 0.634. The van der Waals surface area contributed by atoms with Gasteiger partial charge in [-0.3, -0.25) is 0 Å². The zero-order chi connectivity index (χ0) is 7.40. The molecule has 0 fully saturated rings. The summed E-state index contributed by atoms with van der Waals surface area (Å²) in [5.74, 6) is 0.0471. The molecule has 2 N–H and O–H groups in total. The fraction of sp³-hybridized carbons (Fsp3) is 0. The predicted molar refractivity (Wildman–Crippen MR) is 37.4 cm³/mol. The van der Waals surface area contributed by atoms with Gasteiger partial charge in [0.25, 0.3) is 0 Å². The molecule has 3 heteroatoms. The minimum absolute atomic E-state index is 0.0471. The number of aromatic hydroxyl groups is 1. The van der Waals surface area contributed by atoms with Crippen LogP contribution in [0.1, 0.15) is 0 Å². The van der Waals surface area contributed by atoms with E-state index in [9.17, 15) is 4.79 Å². The Hall–Kier alpha value is -1.51. The molecule has 1 aromatic rings. The van der Waals surface area contributed by atoms with Crippen molar-refractivity contribution in [3.63, 3.8) is 0 Å². The molecule has 0 radical (unpaired) electrons. The average Bonchev–Trinajstić information content (AvgIpc) is 1.94. The summed E-state index contributed by atoms with van der Waals surface area (Å²) in [5, 5.41) is 11.2. The summed E-state index contributed by atoms with van der Waals surface area (Å²) in [7, 11) is 0. The lowest BCUT2D eigenvalue weighted by Crippen LogP contribution is -1.92. The number of hydrogen-bond acceptors (Lipinski definition) is 2. The third-order valence-corrected chi connectivity index (χ3v) is 1.09. The fourth-order valence-electron chi connectivity index (χ4n) is 0.634. The molecule has 0 atom stereocenters. The van der Waals surface area contributed by atoms with Crippen molar-refractivity contribution >= 4 is 12.1 Å². The molecule has 0 spiro atoms. The molecule has 52 valence electrons. The zero-order valence-electron chi connectivity index (χ0n) is 5.16. The van der Waals surface area contributed by atoms with Crippen molar-refractivity contribution in [2.45, 2.75) is 0 Å².